The van der Waals surface area contributed by atoms with Gasteiger partial charge < -0.3 is 24.3 Å². The predicted molar refractivity (Wildman–Crippen MR) is 204 cm³/mol. The number of benzene rings is 3. The third-order valence-corrected chi connectivity index (χ3v) is 11.4. The standard InChI is InChI=1S/C41H39ClFN7O3/c1-24(2)38-30-18-25(7-10-33(30)47-48-38)40(51)44-28-9-11-35-34(20-28)45-39(50(35)22-29-12-17-52-29)31-21-41(31)13-15-49(16-14-41)36-4-3-5-37(46-36)53-23-26-6-8-27(42)19-32(26)43/h3-11,18-20,29,31H,1,12-17,21-23H2,2H3,(H,44,51)(H,47,48). The van der Waals surface area contributed by atoms with Gasteiger partial charge in [-0.15, -0.1) is 0 Å². The molecule has 2 unspecified atom stereocenters. The number of piperidine rings is 1. The fourth-order valence-corrected chi connectivity index (χ4v) is 8.06. The number of amides is 1. The minimum Gasteiger partial charge on any atom is -0.473 e. The number of rotatable bonds is 10. The number of hydrogen-bond acceptors (Lipinski definition) is 7. The summed E-state index contributed by atoms with van der Waals surface area (Å²) in [5.74, 6) is 2.17. The van der Waals surface area contributed by atoms with E-state index in [1.54, 1.807) is 24.3 Å². The molecule has 2 saturated heterocycles. The van der Waals surface area contributed by atoms with Crippen LogP contribution >= 0.6 is 11.6 Å². The lowest BCUT2D eigenvalue weighted by Crippen LogP contribution is -2.36. The van der Waals surface area contributed by atoms with Crippen molar-refractivity contribution in [2.75, 3.05) is 29.9 Å². The largest absolute Gasteiger partial charge is 0.473 e. The number of anilines is 2. The Morgan fingerprint density at radius 2 is 1.96 bits per heavy atom. The molecule has 5 heterocycles. The maximum atomic E-state index is 14.3. The van der Waals surface area contributed by atoms with Crippen LogP contribution in [-0.4, -0.2) is 56.4 Å². The summed E-state index contributed by atoms with van der Waals surface area (Å²) in [7, 11) is 0. The molecule has 3 aliphatic rings. The number of aromatic nitrogens is 5. The minimum atomic E-state index is -0.396. The van der Waals surface area contributed by atoms with Gasteiger partial charge in [0.05, 0.1) is 34.9 Å². The van der Waals surface area contributed by atoms with Crippen LogP contribution in [0.1, 0.15) is 66.0 Å². The molecule has 2 N–H and O–H groups in total. The van der Waals surface area contributed by atoms with E-state index in [1.165, 1.54) is 6.07 Å². The van der Waals surface area contributed by atoms with Crippen molar-refractivity contribution in [2.45, 2.75) is 57.8 Å². The first-order valence-corrected chi connectivity index (χ1v) is 18.5. The van der Waals surface area contributed by atoms with Crippen molar-refractivity contribution in [1.29, 1.82) is 0 Å². The number of carbonyl (C=O) groups excluding carboxylic acids is 1. The summed E-state index contributed by atoms with van der Waals surface area (Å²) in [6.07, 6.45) is 4.36. The second-order valence-corrected chi connectivity index (χ2v) is 15.0. The summed E-state index contributed by atoms with van der Waals surface area (Å²) in [5.41, 5.74) is 6.22. The lowest BCUT2D eigenvalue weighted by atomic mass is 9.90. The van der Waals surface area contributed by atoms with Gasteiger partial charge in [-0.25, -0.2) is 9.37 Å². The Hall–Kier alpha value is -5.26. The highest BCUT2D eigenvalue weighted by molar-refractivity contribution is 6.30. The molecule has 0 bridgehead atoms. The van der Waals surface area contributed by atoms with Crippen molar-refractivity contribution >= 4 is 56.5 Å². The molecule has 2 aliphatic heterocycles. The monoisotopic (exact) mass is 731 g/mol. The first-order chi connectivity index (χ1) is 25.7. The smallest absolute Gasteiger partial charge is 0.255 e. The molecule has 270 valence electrons. The van der Waals surface area contributed by atoms with Gasteiger partial charge in [0.2, 0.25) is 5.88 Å². The molecule has 12 heteroatoms. The lowest BCUT2D eigenvalue weighted by Gasteiger charge is -2.34. The van der Waals surface area contributed by atoms with Crippen LogP contribution in [0.4, 0.5) is 15.9 Å². The van der Waals surface area contributed by atoms with Gasteiger partial charge in [0.15, 0.2) is 0 Å². The van der Waals surface area contributed by atoms with E-state index in [0.29, 0.717) is 33.6 Å². The third-order valence-electron chi connectivity index (χ3n) is 11.1. The average molecular weight is 732 g/mol. The fourth-order valence-electron chi connectivity index (χ4n) is 7.90. The first kappa shape index (κ1) is 33.6. The molecule has 53 heavy (non-hydrogen) atoms. The molecule has 3 fully saturated rings. The molecular formula is C41H39ClFN7O3. The SMILES string of the molecule is C=C(C)c1n[nH]c2ccc(C(=O)Nc3ccc4c(c3)nc(C3CC35CCN(c3cccc(OCc6ccc(Cl)cc6F)n3)CC5)n4CC3CCO3)cc12. The number of hydrogen-bond donors (Lipinski definition) is 2. The van der Waals surface area contributed by atoms with Crippen molar-refractivity contribution in [2.24, 2.45) is 5.41 Å². The Labute approximate surface area is 311 Å². The molecule has 3 aromatic heterocycles. The highest BCUT2D eigenvalue weighted by Gasteiger charge is 2.57. The number of nitrogens with one attached hydrogen (secondary N) is 2. The van der Waals surface area contributed by atoms with Gasteiger partial charge in [-0.1, -0.05) is 30.3 Å². The summed E-state index contributed by atoms with van der Waals surface area (Å²) in [5, 5.41) is 11.7. The zero-order valence-electron chi connectivity index (χ0n) is 29.4. The molecule has 0 radical (unpaired) electrons. The van der Waals surface area contributed by atoms with Gasteiger partial charge in [-0.2, -0.15) is 10.1 Å². The molecule has 1 spiro atoms. The normalized spacial score (nSPS) is 19.0. The highest BCUT2D eigenvalue weighted by Crippen LogP contribution is 2.65. The summed E-state index contributed by atoms with van der Waals surface area (Å²) in [6.45, 7) is 9.30. The molecule has 3 aromatic carbocycles. The quantitative estimate of drug-likeness (QED) is 0.145. The number of imidazole rings is 1. The molecule has 1 amide bonds. The van der Waals surface area contributed by atoms with Crippen molar-refractivity contribution < 1.29 is 18.7 Å². The van der Waals surface area contributed by atoms with E-state index < -0.39 is 5.82 Å². The van der Waals surface area contributed by atoms with Gasteiger partial charge in [-0.05, 0) is 98.2 Å². The zero-order chi connectivity index (χ0) is 36.3. The van der Waals surface area contributed by atoms with Gasteiger partial charge in [0.1, 0.15) is 24.1 Å². The Bertz CT molecular complexity index is 2390. The number of aromatic amines is 1. The summed E-state index contributed by atoms with van der Waals surface area (Å²) < 4.78 is 28.4. The van der Waals surface area contributed by atoms with Crippen LogP contribution in [0.3, 0.4) is 0 Å². The Morgan fingerprint density at radius 3 is 2.74 bits per heavy atom. The highest BCUT2D eigenvalue weighted by atomic mass is 35.5. The maximum Gasteiger partial charge on any atom is 0.255 e. The van der Waals surface area contributed by atoms with E-state index in [1.807, 2.05) is 43.3 Å². The van der Waals surface area contributed by atoms with E-state index >= 15 is 0 Å². The summed E-state index contributed by atoms with van der Waals surface area (Å²) >= 11 is 5.90. The number of pyridine rings is 1. The first-order valence-electron chi connectivity index (χ1n) is 18.1. The number of ether oxygens (including phenoxy) is 2. The van der Waals surface area contributed by atoms with E-state index in [9.17, 15) is 9.18 Å². The van der Waals surface area contributed by atoms with Crippen LogP contribution in [0.2, 0.25) is 5.02 Å². The van der Waals surface area contributed by atoms with Crippen LogP contribution in [0, 0.1) is 11.2 Å². The van der Waals surface area contributed by atoms with Gasteiger partial charge in [0, 0.05) is 58.9 Å². The van der Waals surface area contributed by atoms with Crippen molar-refractivity contribution in [3.63, 3.8) is 0 Å². The molecule has 1 aliphatic carbocycles. The summed E-state index contributed by atoms with van der Waals surface area (Å²) in [4.78, 5) is 25.7. The fraction of sp³-hybridized carbons (Fsp3) is 0.317. The zero-order valence-corrected chi connectivity index (χ0v) is 30.1. The predicted octanol–water partition coefficient (Wildman–Crippen LogP) is 8.53. The maximum absolute atomic E-state index is 14.3. The number of halogens is 2. The van der Waals surface area contributed by atoms with Crippen LogP contribution in [-0.2, 0) is 17.9 Å². The lowest BCUT2D eigenvalue weighted by molar-refractivity contribution is -0.0590. The molecule has 6 aromatic rings. The second kappa shape index (κ2) is 13.3. The van der Waals surface area contributed by atoms with Crippen LogP contribution in [0.5, 0.6) is 5.88 Å². The molecular weight excluding hydrogens is 693 g/mol. The van der Waals surface area contributed by atoms with Crippen molar-refractivity contribution in [3.8, 4) is 5.88 Å². The van der Waals surface area contributed by atoms with E-state index in [2.05, 4.69) is 37.6 Å². The van der Waals surface area contributed by atoms with Gasteiger partial charge >= 0.3 is 0 Å². The number of allylic oxidation sites excluding steroid dienone is 1. The minimum absolute atomic E-state index is 0.0733. The Morgan fingerprint density at radius 1 is 1.11 bits per heavy atom. The Kier molecular flexibility index (Phi) is 8.42. The molecule has 9 rings (SSSR count). The van der Waals surface area contributed by atoms with Crippen LogP contribution < -0.4 is 15.0 Å². The second-order valence-electron chi connectivity index (χ2n) is 14.6. The molecule has 2 atom stereocenters. The Balaban J connectivity index is 0.900. The van der Waals surface area contributed by atoms with Gasteiger partial charge in [-0.3, -0.25) is 9.89 Å². The van der Waals surface area contributed by atoms with Crippen molar-refractivity contribution in [3.05, 3.63) is 113 Å². The molecule has 10 nitrogen and oxygen atoms in total. The van der Waals surface area contributed by atoms with E-state index in [0.717, 1.165) is 96.8 Å². The van der Waals surface area contributed by atoms with E-state index in [-0.39, 0.29) is 24.0 Å². The molecule has 1 saturated carbocycles. The van der Waals surface area contributed by atoms with Gasteiger partial charge in [0.25, 0.3) is 5.91 Å². The van der Waals surface area contributed by atoms with E-state index in [4.69, 9.17) is 31.0 Å². The van der Waals surface area contributed by atoms with Crippen LogP contribution in [0.25, 0.3) is 27.5 Å². The summed E-state index contributed by atoms with van der Waals surface area (Å²) in [6, 6.07) is 21.8. The number of carbonyl (C=O) groups is 1. The van der Waals surface area contributed by atoms with Crippen molar-refractivity contribution in [1.82, 2.24) is 24.7 Å². The topological polar surface area (TPSA) is 110 Å². The third kappa shape index (κ3) is 6.42. The van der Waals surface area contributed by atoms with Crippen LogP contribution in [0.15, 0.2) is 79.4 Å². The number of fused-ring (bicyclic) bond motifs is 2. The average Bonchev–Trinajstić information content (AvgIpc) is 3.45. The number of nitrogens with zero attached hydrogens (tertiary/aromatic N) is 5. The number of H-pyrrole nitrogens is 1.